The van der Waals surface area contributed by atoms with Crippen LogP contribution in [-0.4, -0.2) is 47.3 Å². The minimum atomic E-state index is -1.16. The first-order valence-corrected chi connectivity index (χ1v) is 8.02. The van der Waals surface area contributed by atoms with Crippen LogP contribution in [0.5, 0.6) is 5.75 Å². The number of phenols is 1. The van der Waals surface area contributed by atoms with E-state index in [-0.39, 0.29) is 17.8 Å². The van der Waals surface area contributed by atoms with Crippen LogP contribution in [0.2, 0.25) is 0 Å². The number of methoxy groups -OCH3 is 1. The van der Waals surface area contributed by atoms with E-state index < -0.39 is 12.5 Å². The molecule has 1 aliphatic rings. The molecular formula is C17H25NO5. The van der Waals surface area contributed by atoms with Crippen molar-refractivity contribution in [1.82, 2.24) is 4.90 Å². The molecule has 6 nitrogen and oxygen atoms in total. The van der Waals surface area contributed by atoms with Gasteiger partial charge in [-0.1, -0.05) is 25.5 Å². The van der Waals surface area contributed by atoms with Gasteiger partial charge in [0.15, 0.2) is 0 Å². The average Bonchev–Trinajstić information content (AvgIpc) is 3.00. The SMILES string of the molecule is CCCCOC(O)N1[C@@H](c2ccc(O)cc2)CC[C@H]1C(=O)OC. The van der Waals surface area contributed by atoms with Crippen LogP contribution in [0.1, 0.15) is 44.2 Å². The number of likely N-dealkylation sites (tertiary alicyclic amines) is 1. The van der Waals surface area contributed by atoms with Crippen LogP contribution in [0.25, 0.3) is 0 Å². The molecule has 1 aliphatic heterocycles. The lowest BCUT2D eigenvalue weighted by atomic mass is 10.0. The molecule has 1 aromatic carbocycles. The highest BCUT2D eigenvalue weighted by Crippen LogP contribution is 2.38. The Morgan fingerprint density at radius 2 is 2.04 bits per heavy atom. The van der Waals surface area contributed by atoms with Crippen molar-refractivity contribution in [2.75, 3.05) is 13.7 Å². The van der Waals surface area contributed by atoms with E-state index in [0.29, 0.717) is 19.4 Å². The highest BCUT2D eigenvalue weighted by molar-refractivity contribution is 5.76. The Hall–Kier alpha value is -1.63. The van der Waals surface area contributed by atoms with E-state index in [1.165, 1.54) is 7.11 Å². The van der Waals surface area contributed by atoms with E-state index in [1.807, 2.05) is 6.92 Å². The summed E-state index contributed by atoms with van der Waals surface area (Å²) >= 11 is 0. The molecule has 0 aromatic heterocycles. The number of hydrogen-bond acceptors (Lipinski definition) is 6. The summed E-state index contributed by atoms with van der Waals surface area (Å²) in [6, 6.07) is 6.11. The van der Waals surface area contributed by atoms with Crippen molar-refractivity contribution in [2.45, 2.75) is 51.1 Å². The molecule has 23 heavy (non-hydrogen) atoms. The van der Waals surface area contributed by atoms with Gasteiger partial charge in [0.25, 0.3) is 0 Å². The summed E-state index contributed by atoms with van der Waals surface area (Å²) in [6.07, 6.45) is 1.95. The number of aliphatic hydroxyl groups excluding tert-OH is 1. The highest BCUT2D eigenvalue weighted by Gasteiger charge is 2.43. The molecule has 0 aliphatic carbocycles. The van der Waals surface area contributed by atoms with Gasteiger partial charge in [0.2, 0.25) is 6.41 Å². The molecule has 0 radical (unpaired) electrons. The summed E-state index contributed by atoms with van der Waals surface area (Å²) in [5.41, 5.74) is 0.923. The molecule has 0 saturated carbocycles. The van der Waals surface area contributed by atoms with Crippen molar-refractivity contribution >= 4 is 5.97 Å². The lowest BCUT2D eigenvalue weighted by molar-refractivity contribution is -0.214. The molecule has 1 saturated heterocycles. The predicted octanol–water partition coefficient (Wildman–Crippen LogP) is 2.16. The largest absolute Gasteiger partial charge is 0.508 e. The maximum Gasteiger partial charge on any atom is 0.323 e. The molecule has 128 valence electrons. The fourth-order valence-corrected chi connectivity index (χ4v) is 2.97. The third-order valence-corrected chi connectivity index (χ3v) is 4.20. The third kappa shape index (κ3) is 4.22. The van der Waals surface area contributed by atoms with Gasteiger partial charge in [0.1, 0.15) is 11.8 Å². The molecule has 0 spiro atoms. The standard InChI is InChI=1S/C17H25NO5/c1-3-4-11-23-17(21)18-14(9-10-15(18)16(20)22-2)12-5-7-13(19)8-6-12/h5-8,14-15,17,19,21H,3-4,9-11H2,1-2H3/t14-,15+,17?/m1/s1. The first kappa shape index (κ1) is 17.7. The van der Waals surface area contributed by atoms with Gasteiger partial charge in [-0.2, -0.15) is 0 Å². The van der Waals surface area contributed by atoms with Crippen molar-refractivity contribution in [3.63, 3.8) is 0 Å². The van der Waals surface area contributed by atoms with Crippen molar-refractivity contribution in [3.8, 4) is 5.75 Å². The van der Waals surface area contributed by atoms with E-state index in [2.05, 4.69) is 0 Å². The lowest BCUT2D eigenvalue weighted by Crippen LogP contribution is -2.46. The van der Waals surface area contributed by atoms with Gasteiger partial charge in [-0.15, -0.1) is 0 Å². The van der Waals surface area contributed by atoms with Gasteiger partial charge in [-0.3, -0.25) is 4.79 Å². The monoisotopic (exact) mass is 323 g/mol. The zero-order chi connectivity index (χ0) is 16.8. The molecule has 1 aromatic rings. The maximum absolute atomic E-state index is 12.0. The summed E-state index contributed by atoms with van der Waals surface area (Å²) < 4.78 is 10.3. The number of ether oxygens (including phenoxy) is 2. The average molecular weight is 323 g/mol. The van der Waals surface area contributed by atoms with Crippen LogP contribution in [0, 0.1) is 0 Å². The number of hydrogen-bond donors (Lipinski definition) is 2. The third-order valence-electron chi connectivity index (χ3n) is 4.20. The first-order chi connectivity index (χ1) is 11.1. The Morgan fingerprint density at radius 1 is 1.35 bits per heavy atom. The van der Waals surface area contributed by atoms with Crippen molar-refractivity contribution in [2.24, 2.45) is 0 Å². The highest BCUT2D eigenvalue weighted by atomic mass is 16.6. The van der Waals surface area contributed by atoms with Crippen LogP contribution in [0.15, 0.2) is 24.3 Å². The Bertz CT molecular complexity index is 504. The fraction of sp³-hybridized carbons (Fsp3) is 0.588. The molecule has 1 unspecified atom stereocenters. The van der Waals surface area contributed by atoms with Crippen molar-refractivity contribution < 1.29 is 24.5 Å². The second-order valence-electron chi connectivity index (χ2n) is 5.72. The Balaban J connectivity index is 2.18. The van der Waals surface area contributed by atoms with Crippen molar-refractivity contribution in [1.29, 1.82) is 0 Å². The zero-order valence-corrected chi connectivity index (χ0v) is 13.6. The van der Waals surface area contributed by atoms with Gasteiger partial charge in [0, 0.05) is 6.04 Å². The second-order valence-corrected chi connectivity index (χ2v) is 5.72. The first-order valence-electron chi connectivity index (χ1n) is 8.02. The van der Waals surface area contributed by atoms with Crippen LogP contribution >= 0.6 is 0 Å². The van der Waals surface area contributed by atoms with Crippen LogP contribution in [0.4, 0.5) is 0 Å². The van der Waals surface area contributed by atoms with Gasteiger partial charge in [-0.05, 0) is 37.0 Å². The van der Waals surface area contributed by atoms with Crippen LogP contribution in [0.3, 0.4) is 0 Å². The topological polar surface area (TPSA) is 79.2 Å². The van der Waals surface area contributed by atoms with E-state index >= 15 is 0 Å². The summed E-state index contributed by atoms with van der Waals surface area (Å²) in [6.45, 7) is 2.48. The molecule has 6 heteroatoms. The van der Waals surface area contributed by atoms with Gasteiger partial charge in [0.05, 0.1) is 13.7 Å². The normalized spacial score (nSPS) is 22.9. The minimum absolute atomic E-state index is 0.156. The van der Waals surface area contributed by atoms with E-state index in [1.54, 1.807) is 29.2 Å². The summed E-state index contributed by atoms with van der Waals surface area (Å²) in [5, 5.41) is 19.9. The number of carbonyl (C=O) groups is 1. The zero-order valence-electron chi connectivity index (χ0n) is 13.6. The summed E-state index contributed by atoms with van der Waals surface area (Å²) in [4.78, 5) is 13.7. The van der Waals surface area contributed by atoms with Gasteiger partial charge in [-0.25, -0.2) is 4.90 Å². The maximum atomic E-state index is 12.0. The van der Waals surface area contributed by atoms with E-state index in [9.17, 15) is 15.0 Å². The minimum Gasteiger partial charge on any atom is -0.508 e. The number of rotatable bonds is 7. The molecular weight excluding hydrogens is 298 g/mol. The van der Waals surface area contributed by atoms with Crippen LogP contribution in [-0.2, 0) is 14.3 Å². The van der Waals surface area contributed by atoms with E-state index in [4.69, 9.17) is 9.47 Å². The fourth-order valence-electron chi connectivity index (χ4n) is 2.97. The summed E-state index contributed by atoms with van der Waals surface area (Å²) in [7, 11) is 1.35. The van der Waals surface area contributed by atoms with Crippen molar-refractivity contribution in [3.05, 3.63) is 29.8 Å². The number of benzene rings is 1. The number of phenolic OH excluding ortho intramolecular Hbond substituents is 1. The second kappa shape index (κ2) is 8.29. The Labute approximate surface area is 136 Å². The van der Waals surface area contributed by atoms with Gasteiger partial charge < -0.3 is 19.7 Å². The number of unbranched alkanes of at least 4 members (excludes halogenated alkanes) is 1. The number of nitrogens with zero attached hydrogens (tertiary/aromatic N) is 1. The molecule has 0 bridgehead atoms. The molecule has 2 N–H and O–H groups in total. The van der Waals surface area contributed by atoms with E-state index in [0.717, 1.165) is 18.4 Å². The molecule has 1 fully saturated rings. The Kier molecular flexibility index (Phi) is 6.38. The van der Waals surface area contributed by atoms with Gasteiger partial charge >= 0.3 is 5.97 Å². The number of aliphatic hydroxyl groups is 1. The predicted molar refractivity (Wildman–Crippen MR) is 84.6 cm³/mol. The smallest absolute Gasteiger partial charge is 0.323 e. The Morgan fingerprint density at radius 3 is 2.65 bits per heavy atom. The lowest BCUT2D eigenvalue weighted by Gasteiger charge is -2.32. The quantitative estimate of drug-likeness (QED) is 0.455. The summed E-state index contributed by atoms with van der Waals surface area (Å²) in [5.74, 6) is -0.188. The number of carbonyl (C=O) groups excluding carboxylic acids is 1. The number of esters is 1. The molecule has 3 atom stereocenters. The molecule has 0 amide bonds. The van der Waals surface area contributed by atoms with Crippen LogP contribution < -0.4 is 0 Å². The molecule has 1 heterocycles. The molecule has 2 rings (SSSR count). The number of aromatic hydroxyl groups is 1.